The Morgan fingerprint density at radius 2 is 2.00 bits per heavy atom. The van der Waals surface area contributed by atoms with Gasteiger partial charge in [0.2, 0.25) is 5.91 Å². The molecular formula is C19H31N5O3. The summed E-state index contributed by atoms with van der Waals surface area (Å²) in [5.74, 6) is 0.461. The number of carbonyl (C=O) groups excluding carboxylic acids is 2. The topological polar surface area (TPSA) is 80.6 Å². The Hall–Kier alpha value is -2.12. The zero-order valence-corrected chi connectivity index (χ0v) is 16.6. The molecule has 8 heteroatoms. The number of hydrogen-bond donors (Lipinski definition) is 0. The number of carbonyl (C=O) groups is 2. The third kappa shape index (κ3) is 5.20. The lowest BCUT2D eigenvalue weighted by Crippen LogP contribution is -2.58. The maximum atomic E-state index is 12.9. The van der Waals surface area contributed by atoms with Gasteiger partial charge >= 0.3 is 6.09 Å². The first kappa shape index (κ1) is 19.6. The molecule has 1 aromatic rings. The van der Waals surface area contributed by atoms with E-state index in [1.165, 1.54) is 30.5 Å². The molecule has 0 aromatic carbocycles. The van der Waals surface area contributed by atoms with Gasteiger partial charge in [0.25, 0.3) is 0 Å². The molecule has 0 radical (unpaired) electrons. The van der Waals surface area contributed by atoms with Crippen LogP contribution in [-0.4, -0.2) is 67.8 Å². The molecule has 1 atom stereocenters. The van der Waals surface area contributed by atoms with E-state index in [1.54, 1.807) is 6.33 Å². The van der Waals surface area contributed by atoms with Crippen molar-refractivity contribution in [2.24, 2.45) is 5.92 Å². The van der Waals surface area contributed by atoms with Crippen molar-refractivity contribution >= 4 is 12.0 Å². The van der Waals surface area contributed by atoms with Crippen molar-refractivity contribution in [3.8, 4) is 0 Å². The van der Waals surface area contributed by atoms with Crippen LogP contribution in [0.4, 0.5) is 4.79 Å². The molecule has 150 valence electrons. The van der Waals surface area contributed by atoms with E-state index in [9.17, 15) is 9.59 Å². The van der Waals surface area contributed by atoms with Crippen LogP contribution in [0.5, 0.6) is 0 Å². The van der Waals surface area contributed by atoms with Gasteiger partial charge in [0, 0.05) is 13.1 Å². The normalized spacial score (nSPS) is 20.6. The maximum Gasteiger partial charge on any atom is 0.410 e. The fourth-order valence-electron chi connectivity index (χ4n) is 4.06. The van der Waals surface area contributed by atoms with Gasteiger partial charge in [-0.3, -0.25) is 14.4 Å². The first-order valence-electron chi connectivity index (χ1n) is 9.93. The number of rotatable bonds is 4. The number of amides is 2. The molecule has 0 N–H and O–H groups in total. The first-order chi connectivity index (χ1) is 12.8. The quantitative estimate of drug-likeness (QED) is 0.804. The minimum Gasteiger partial charge on any atom is -0.444 e. The molecule has 2 fully saturated rings. The third-order valence-electron chi connectivity index (χ3n) is 5.34. The summed E-state index contributed by atoms with van der Waals surface area (Å²) >= 11 is 0. The number of nitrogens with zero attached hydrogens (tertiary/aromatic N) is 5. The lowest BCUT2D eigenvalue weighted by Gasteiger charge is -2.43. The Balaban J connectivity index is 1.68. The molecule has 0 bridgehead atoms. The van der Waals surface area contributed by atoms with Gasteiger partial charge in [-0.25, -0.2) is 9.78 Å². The fraction of sp³-hybridized carbons (Fsp3) is 0.789. The molecule has 1 aliphatic heterocycles. The highest BCUT2D eigenvalue weighted by atomic mass is 16.6. The summed E-state index contributed by atoms with van der Waals surface area (Å²) < 4.78 is 7.23. The van der Waals surface area contributed by atoms with Gasteiger partial charge in [-0.1, -0.05) is 19.3 Å². The highest BCUT2D eigenvalue weighted by Crippen LogP contribution is 2.30. The van der Waals surface area contributed by atoms with E-state index in [4.69, 9.17) is 4.74 Å². The second kappa shape index (κ2) is 8.27. The average molecular weight is 377 g/mol. The SMILES string of the molecule is CC(C)(C)OC(=O)N1CCN([C@H](Cn2cncn2)C2CCCCC2)C(=O)C1. The summed E-state index contributed by atoms with van der Waals surface area (Å²) in [5, 5.41) is 4.24. The standard InChI is InChI=1S/C19H31N5O3/c1-19(2,3)27-18(26)22-9-10-24(17(25)12-22)16(11-23-14-20-13-21-23)15-7-5-4-6-8-15/h13-16H,4-12H2,1-3H3/t16-/m1/s1. The second-order valence-corrected chi connectivity index (χ2v) is 8.57. The number of piperazine rings is 1. The molecule has 3 rings (SSSR count). The summed E-state index contributed by atoms with van der Waals surface area (Å²) in [6.07, 6.45) is 8.79. The molecular weight excluding hydrogens is 346 g/mol. The van der Waals surface area contributed by atoms with E-state index in [0.717, 1.165) is 12.8 Å². The van der Waals surface area contributed by atoms with Crippen LogP contribution in [0, 0.1) is 5.92 Å². The Bertz CT molecular complexity index is 634. The van der Waals surface area contributed by atoms with Crippen molar-refractivity contribution in [3.63, 3.8) is 0 Å². The monoisotopic (exact) mass is 377 g/mol. The van der Waals surface area contributed by atoms with Crippen molar-refractivity contribution in [2.45, 2.75) is 71.1 Å². The summed E-state index contributed by atoms with van der Waals surface area (Å²) in [5.41, 5.74) is -0.561. The van der Waals surface area contributed by atoms with Crippen LogP contribution in [0.25, 0.3) is 0 Å². The largest absolute Gasteiger partial charge is 0.444 e. The third-order valence-corrected chi connectivity index (χ3v) is 5.34. The fourth-order valence-corrected chi connectivity index (χ4v) is 4.06. The van der Waals surface area contributed by atoms with Crippen molar-refractivity contribution in [2.75, 3.05) is 19.6 Å². The molecule has 0 unspecified atom stereocenters. The molecule has 27 heavy (non-hydrogen) atoms. The Morgan fingerprint density at radius 1 is 1.26 bits per heavy atom. The lowest BCUT2D eigenvalue weighted by atomic mass is 9.83. The van der Waals surface area contributed by atoms with Gasteiger partial charge in [0.15, 0.2) is 0 Å². The zero-order chi connectivity index (χ0) is 19.4. The van der Waals surface area contributed by atoms with Gasteiger partial charge in [0.1, 0.15) is 24.8 Å². The molecule has 0 spiro atoms. The van der Waals surface area contributed by atoms with E-state index in [-0.39, 0.29) is 18.5 Å². The van der Waals surface area contributed by atoms with Crippen molar-refractivity contribution in [1.29, 1.82) is 0 Å². The Kier molecular flexibility index (Phi) is 6.01. The molecule has 2 amide bonds. The number of hydrogen-bond acceptors (Lipinski definition) is 5. The average Bonchev–Trinajstić information content (AvgIpc) is 3.12. The highest BCUT2D eigenvalue weighted by molar-refractivity contribution is 5.84. The van der Waals surface area contributed by atoms with Gasteiger partial charge in [-0.05, 0) is 39.5 Å². The summed E-state index contributed by atoms with van der Waals surface area (Å²) in [7, 11) is 0. The van der Waals surface area contributed by atoms with E-state index in [1.807, 2.05) is 30.4 Å². The maximum absolute atomic E-state index is 12.9. The molecule has 8 nitrogen and oxygen atoms in total. The van der Waals surface area contributed by atoms with E-state index in [2.05, 4.69) is 10.1 Å². The predicted molar refractivity (Wildman–Crippen MR) is 99.9 cm³/mol. The molecule has 2 aliphatic rings. The van der Waals surface area contributed by atoms with Crippen LogP contribution < -0.4 is 0 Å². The molecule has 1 aromatic heterocycles. The van der Waals surface area contributed by atoms with Gasteiger partial charge in [-0.2, -0.15) is 5.10 Å². The number of ether oxygens (including phenoxy) is 1. The molecule has 1 saturated heterocycles. The van der Waals surface area contributed by atoms with Gasteiger partial charge in [-0.15, -0.1) is 0 Å². The Morgan fingerprint density at radius 3 is 2.59 bits per heavy atom. The van der Waals surface area contributed by atoms with E-state index < -0.39 is 11.7 Å². The molecule has 2 heterocycles. The Labute approximate surface area is 160 Å². The summed E-state index contributed by atoms with van der Waals surface area (Å²) in [4.78, 5) is 32.7. The number of aromatic nitrogens is 3. The lowest BCUT2D eigenvalue weighted by molar-refractivity contribution is -0.140. The van der Waals surface area contributed by atoms with Gasteiger partial charge < -0.3 is 9.64 Å². The second-order valence-electron chi connectivity index (χ2n) is 8.57. The minimum atomic E-state index is -0.561. The van der Waals surface area contributed by atoms with Crippen molar-refractivity contribution in [1.82, 2.24) is 24.6 Å². The van der Waals surface area contributed by atoms with Crippen LogP contribution in [-0.2, 0) is 16.1 Å². The van der Waals surface area contributed by atoms with E-state index >= 15 is 0 Å². The smallest absolute Gasteiger partial charge is 0.410 e. The predicted octanol–water partition coefficient (Wildman–Crippen LogP) is 2.31. The van der Waals surface area contributed by atoms with Gasteiger partial charge in [0.05, 0.1) is 12.6 Å². The molecule has 1 saturated carbocycles. The van der Waals surface area contributed by atoms with Crippen LogP contribution in [0.2, 0.25) is 0 Å². The zero-order valence-electron chi connectivity index (χ0n) is 16.6. The summed E-state index contributed by atoms with van der Waals surface area (Å²) in [6, 6.07) is 0.0975. The van der Waals surface area contributed by atoms with Crippen LogP contribution in [0.3, 0.4) is 0 Å². The van der Waals surface area contributed by atoms with Crippen LogP contribution in [0.1, 0.15) is 52.9 Å². The van der Waals surface area contributed by atoms with Crippen LogP contribution in [0.15, 0.2) is 12.7 Å². The summed E-state index contributed by atoms with van der Waals surface area (Å²) in [6.45, 7) is 7.27. The molecule has 1 aliphatic carbocycles. The first-order valence-corrected chi connectivity index (χ1v) is 9.93. The highest BCUT2D eigenvalue weighted by Gasteiger charge is 2.37. The van der Waals surface area contributed by atoms with Crippen molar-refractivity contribution < 1.29 is 14.3 Å². The van der Waals surface area contributed by atoms with Crippen LogP contribution >= 0.6 is 0 Å². The minimum absolute atomic E-state index is 0.0113. The van der Waals surface area contributed by atoms with E-state index in [0.29, 0.717) is 25.6 Å². The van der Waals surface area contributed by atoms with Crippen molar-refractivity contribution in [3.05, 3.63) is 12.7 Å².